The zero-order valence-electron chi connectivity index (χ0n) is 20.5. The summed E-state index contributed by atoms with van der Waals surface area (Å²) in [6, 6.07) is 7.03. The minimum Gasteiger partial charge on any atom is -0.494 e. The van der Waals surface area contributed by atoms with Crippen LogP contribution < -0.4 is 15.4 Å². The lowest BCUT2D eigenvalue weighted by Crippen LogP contribution is -2.18. The Hall–Kier alpha value is -3.80. The highest BCUT2D eigenvalue weighted by atomic mass is 32.2. The van der Waals surface area contributed by atoms with Gasteiger partial charge >= 0.3 is 0 Å². The van der Waals surface area contributed by atoms with Crippen molar-refractivity contribution >= 4 is 38.7 Å². The van der Waals surface area contributed by atoms with E-state index in [1.54, 1.807) is 37.1 Å². The van der Waals surface area contributed by atoms with E-state index in [1.807, 2.05) is 12.1 Å². The maximum Gasteiger partial charge on any atom is 0.228 e. The molecule has 0 saturated heterocycles. The van der Waals surface area contributed by atoms with Gasteiger partial charge in [0.05, 0.1) is 35.4 Å². The Kier molecular flexibility index (Phi) is 7.07. The average Bonchev–Trinajstić information content (AvgIpc) is 3.44. The number of rotatable bonds is 10. The molecule has 0 unspecified atom stereocenters. The van der Waals surface area contributed by atoms with Gasteiger partial charge in [-0.1, -0.05) is 13.0 Å². The van der Waals surface area contributed by atoms with Crippen LogP contribution in [-0.4, -0.2) is 59.0 Å². The predicted molar refractivity (Wildman–Crippen MR) is 135 cm³/mol. The van der Waals surface area contributed by atoms with E-state index in [4.69, 9.17) is 4.74 Å². The molecule has 0 aliphatic heterocycles. The molecule has 2 atom stereocenters. The summed E-state index contributed by atoms with van der Waals surface area (Å²) in [6.45, 7) is 1.75. The second-order valence-corrected chi connectivity index (χ2v) is 11.0. The number of aryl methyl sites for hydroxylation is 1. The molecule has 1 saturated carbocycles. The van der Waals surface area contributed by atoms with Crippen molar-refractivity contribution in [3.8, 4) is 17.1 Å². The first-order valence-electron chi connectivity index (χ1n) is 11.4. The number of anilines is 3. The Morgan fingerprint density at radius 3 is 2.64 bits per heavy atom. The standard InChI is InChI=1S/C24H28N6O5S/c1-5-20(31)17-11-25-21(28-24(32)16-9-14(16)12-36(4,33)34)10-19(17)27-18-8-6-7-15(22(18)35-3)23-26-13-30(2)29-23/h6-8,10-11,13-14,16H,5,9,12H2,1-4H3,(H2,25,27,28,32)/t14-,16+/m0/s1. The maximum atomic E-state index is 12.7. The van der Waals surface area contributed by atoms with Crippen molar-refractivity contribution in [1.29, 1.82) is 0 Å². The van der Waals surface area contributed by atoms with Gasteiger partial charge in [0, 0.05) is 37.9 Å². The summed E-state index contributed by atoms with van der Waals surface area (Å²) in [5.74, 6) is 0.222. The van der Waals surface area contributed by atoms with Crippen molar-refractivity contribution in [3.63, 3.8) is 0 Å². The van der Waals surface area contributed by atoms with E-state index < -0.39 is 9.84 Å². The second-order valence-electron chi connectivity index (χ2n) is 8.83. The van der Waals surface area contributed by atoms with Crippen LogP contribution >= 0.6 is 0 Å². The quantitative estimate of drug-likeness (QED) is 0.392. The molecule has 0 radical (unpaired) electrons. The first-order valence-corrected chi connectivity index (χ1v) is 13.5. The number of benzene rings is 1. The SMILES string of the molecule is CCC(=O)c1cnc(NC(=O)[C@@H]2C[C@H]2CS(C)(=O)=O)cc1Nc1cccc(-c2ncn(C)n2)c1OC. The monoisotopic (exact) mass is 512 g/mol. The molecule has 4 rings (SSSR count). The third-order valence-corrected chi connectivity index (χ3v) is 6.92. The van der Waals surface area contributed by atoms with Crippen LogP contribution in [0.3, 0.4) is 0 Å². The van der Waals surface area contributed by atoms with Gasteiger partial charge in [0.1, 0.15) is 22.0 Å². The molecule has 0 spiro atoms. The van der Waals surface area contributed by atoms with E-state index in [0.717, 1.165) is 6.26 Å². The second kappa shape index (κ2) is 10.1. The number of sulfone groups is 1. The summed E-state index contributed by atoms with van der Waals surface area (Å²) >= 11 is 0. The van der Waals surface area contributed by atoms with Crippen LogP contribution in [0.15, 0.2) is 36.8 Å². The summed E-state index contributed by atoms with van der Waals surface area (Å²) in [7, 11) is 0.149. The number of nitrogens with zero attached hydrogens (tertiary/aromatic N) is 4. The molecule has 2 N–H and O–H groups in total. The number of amides is 1. The molecule has 3 aromatic rings. The van der Waals surface area contributed by atoms with Gasteiger partial charge in [0.25, 0.3) is 0 Å². The maximum absolute atomic E-state index is 12.7. The number of carbonyl (C=O) groups excluding carboxylic acids is 2. The van der Waals surface area contributed by atoms with Crippen LogP contribution in [0, 0.1) is 11.8 Å². The highest BCUT2D eigenvalue weighted by Gasteiger charge is 2.44. The molecule has 36 heavy (non-hydrogen) atoms. The molecule has 1 amide bonds. The first-order chi connectivity index (χ1) is 17.1. The van der Waals surface area contributed by atoms with Gasteiger partial charge in [-0.05, 0) is 24.5 Å². The van der Waals surface area contributed by atoms with Crippen molar-refractivity contribution in [1.82, 2.24) is 19.7 Å². The normalized spacial score (nSPS) is 16.9. The Morgan fingerprint density at radius 2 is 2.00 bits per heavy atom. The van der Waals surface area contributed by atoms with Gasteiger partial charge in [-0.15, -0.1) is 0 Å². The number of aromatic nitrogens is 4. The van der Waals surface area contributed by atoms with Crippen molar-refractivity contribution < 1.29 is 22.7 Å². The summed E-state index contributed by atoms with van der Waals surface area (Å²) in [5, 5.41) is 10.3. The van der Waals surface area contributed by atoms with E-state index in [0.29, 0.717) is 40.5 Å². The number of ether oxygens (including phenoxy) is 1. The van der Waals surface area contributed by atoms with Gasteiger partial charge < -0.3 is 15.4 Å². The number of hydrogen-bond donors (Lipinski definition) is 2. The molecule has 1 aliphatic rings. The molecule has 1 aromatic carbocycles. The number of carbonyl (C=O) groups is 2. The van der Waals surface area contributed by atoms with Crippen LogP contribution in [-0.2, 0) is 21.7 Å². The van der Waals surface area contributed by atoms with Crippen LogP contribution in [0.4, 0.5) is 17.2 Å². The third-order valence-electron chi connectivity index (χ3n) is 5.88. The molecule has 1 fully saturated rings. The average molecular weight is 513 g/mol. The lowest BCUT2D eigenvalue weighted by molar-refractivity contribution is -0.117. The van der Waals surface area contributed by atoms with Gasteiger partial charge in [0.2, 0.25) is 5.91 Å². The number of Topliss-reactive ketones (excluding diaryl/α,β-unsaturated/α-hetero) is 1. The molecular formula is C24H28N6O5S. The number of nitrogens with one attached hydrogen (secondary N) is 2. The summed E-state index contributed by atoms with van der Waals surface area (Å²) in [4.78, 5) is 33.8. The van der Waals surface area contributed by atoms with Crippen molar-refractivity contribution in [2.75, 3.05) is 29.8 Å². The fourth-order valence-electron chi connectivity index (χ4n) is 4.04. The highest BCUT2D eigenvalue weighted by Crippen LogP contribution is 2.41. The molecule has 2 heterocycles. The van der Waals surface area contributed by atoms with E-state index in [2.05, 4.69) is 25.7 Å². The van der Waals surface area contributed by atoms with Crippen LogP contribution in [0.1, 0.15) is 30.1 Å². The minimum atomic E-state index is -3.15. The van der Waals surface area contributed by atoms with Crippen LogP contribution in [0.2, 0.25) is 0 Å². The van der Waals surface area contributed by atoms with Crippen molar-refractivity contribution in [2.24, 2.45) is 18.9 Å². The third kappa shape index (κ3) is 5.70. The largest absolute Gasteiger partial charge is 0.494 e. The minimum absolute atomic E-state index is 0.0173. The Bertz CT molecular complexity index is 1420. The van der Waals surface area contributed by atoms with Gasteiger partial charge in [-0.2, -0.15) is 5.10 Å². The fraction of sp³-hybridized carbons (Fsp3) is 0.375. The van der Waals surface area contributed by atoms with E-state index >= 15 is 0 Å². The highest BCUT2D eigenvalue weighted by molar-refractivity contribution is 7.90. The summed E-state index contributed by atoms with van der Waals surface area (Å²) in [5.41, 5.74) is 2.05. The van der Waals surface area contributed by atoms with Crippen molar-refractivity contribution in [2.45, 2.75) is 19.8 Å². The molecule has 11 nitrogen and oxygen atoms in total. The van der Waals surface area contributed by atoms with Crippen molar-refractivity contribution in [3.05, 3.63) is 42.4 Å². The summed E-state index contributed by atoms with van der Waals surface area (Å²) in [6.07, 6.45) is 4.96. The smallest absolute Gasteiger partial charge is 0.228 e. The molecular weight excluding hydrogens is 484 g/mol. The van der Waals surface area contributed by atoms with Gasteiger partial charge in [-0.3, -0.25) is 14.3 Å². The molecule has 12 heteroatoms. The number of methoxy groups -OCH3 is 1. The molecule has 190 valence electrons. The number of pyridine rings is 1. The van der Waals surface area contributed by atoms with E-state index in [-0.39, 0.29) is 41.5 Å². The molecule has 1 aliphatic carbocycles. The number of para-hydroxylation sites is 1. The van der Waals surface area contributed by atoms with Gasteiger partial charge in [-0.25, -0.2) is 18.4 Å². The topological polar surface area (TPSA) is 145 Å². The number of ketones is 1. The predicted octanol–water partition coefficient (Wildman–Crippen LogP) is 2.84. The zero-order valence-corrected chi connectivity index (χ0v) is 21.3. The van der Waals surface area contributed by atoms with Crippen LogP contribution in [0.25, 0.3) is 11.4 Å². The Balaban J connectivity index is 1.62. The van der Waals surface area contributed by atoms with Crippen LogP contribution in [0.5, 0.6) is 5.75 Å². The zero-order chi connectivity index (χ0) is 26.0. The lowest BCUT2D eigenvalue weighted by Gasteiger charge is -2.16. The number of hydrogen-bond acceptors (Lipinski definition) is 9. The Labute approximate surface area is 209 Å². The van der Waals surface area contributed by atoms with Gasteiger partial charge in [0.15, 0.2) is 17.4 Å². The lowest BCUT2D eigenvalue weighted by atomic mass is 10.1. The Morgan fingerprint density at radius 1 is 1.22 bits per heavy atom. The molecule has 2 aromatic heterocycles. The fourth-order valence-corrected chi connectivity index (χ4v) is 5.19. The first kappa shape index (κ1) is 25.3. The summed E-state index contributed by atoms with van der Waals surface area (Å²) < 4.78 is 30.3. The van der Waals surface area contributed by atoms with E-state index in [1.165, 1.54) is 13.3 Å². The molecule has 0 bridgehead atoms. The van der Waals surface area contributed by atoms with E-state index in [9.17, 15) is 18.0 Å².